The van der Waals surface area contributed by atoms with Gasteiger partial charge in [0, 0.05) is 24.9 Å². The minimum atomic E-state index is 0.169. The molecule has 0 aliphatic heterocycles. The van der Waals surface area contributed by atoms with Crippen molar-refractivity contribution in [2.24, 2.45) is 5.73 Å². The third kappa shape index (κ3) is 3.20. The number of hydrogen-bond donors (Lipinski definition) is 1. The van der Waals surface area contributed by atoms with Gasteiger partial charge in [-0.15, -0.1) is 0 Å². The molecule has 1 aliphatic carbocycles. The summed E-state index contributed by atoms with van der Waals surface area (Å²) in [6.45, 7) is 12.0. The Morgan fingerprint density at radius 3 is 2.82 bits per heavy atom. The lowest BCUT2D eigenvalue weighted by Gasteiger charge is -2.31. The second kappa shape index (κ2) is 7.01. The quantitative estimate of drug-likeness (QED) is 0.771. The Morgan fingerprint density at radius 1 is 1.45 bits per heavy atom. The molecule has 0 aromatic heterocycles. The molecule has 1 unspecified atom stereocenters. The molecule has 3 nitrogen and oxygen atoms in total. The molecule has 120 valence electrons. The molecule has 0 radical (unpaired) electrons. The molecule has 3 heteroatoms. The summed E-state index contributed by atoms with van der Waals surface area (Å²) >= 11 is 0. The molecule has 1 aromatic rings. The number of nitrogens with zero attached hydrogens (tertiary/aromatic N) is 1. The van der Waals surface area contributed by atoms with E-state index in [1.54, 1.807) is 6.20 Å². The van der Waals surface area contributed by atoms with Crippen LogP contribution in [-0.4, -0.2) is 18.1 Å². The van der Waals surface area contributed by atoms with Crippen molar-refractivity contribution >= 4 is 0 Å². The monoisotopic (exact) mass is 300 g/mol. The van der Waals surface area contributed by atoms with E-state index in [1.165, 1.54) is 11.1 Å². The maximum absolute atomic E-state index is 5.88. The van der Waals surface area contributed by atoms with Gasteiger partial charge < -0.3 is 15.4 Å². The van der Waals surface area contributed by atoms with Gasteiger partial charge in [0.2, 0.25) is 0 Å². The number of rotatable bonds is 7. The third-order valence-corrected chi connectivity index (χ3v) is 4.52. The second-order valence-corrected chi connectivity index (χ2v) is 6.39. The fourth-order valence-corrected chi connectivity index (χ4v) is 3.42. The van der Waals surface area contributed by atoms with Crippen molar-refractivity contribution in [2.45, 2.75) is 45.1 Å². The Labute approximate surface area is 134 Å². The number of hydrogen-bond acceptors (Lipinski definition) is 3. The molecule has 0 fully saturated rings. The van der Waals surface area contributed by atoms with E-state index in [2.05, 4.69) is 49.6 Å². The van der Waals surface area contributed by atoms with Crippen molar-refractivity contribution in [1.82, 2.24) is 4.90 Å². The molecule has 0 saturated carbocycles. The first-order chi connectivity index (χ1) is 10.5. The SMILES string of the molecule is C=CN(/C(=C\N)CCOCC)C1CC(C)(C)c2ccccc21. The zero-order chi connectivity index (χ0) is 16.2. The normalized spacial score (nSPS) is 19.8. The van der Waals surface area contributed by atoms with Crippen LogP contribution in [-0.2, 0) is 10.2 Å². The van der Waals surface area contributed by atoms with E-state index in [9.17, 15) is 0 Å². The molecule has 0 saturated heterocycles. The Hall–Kier alpha value is -1.74. The molecule has 1 atom stereocenters. The zero-order valence-electron chi connectivity index (χ0n) is 14.0. The van der Waals surface area contributed by atoms with Gasteiger partial charge in [0.05, 0.1) is 12.6 Å². The van der Waals surface area contributed by atoms with Gasteiger partial charge in [-0.25, -0.2) is 0 Å². The van der Waals surface area contributed by atoms with Crippen molar-refractivity contribution < 1.29 is 4.74 Å². The standard InChI is InChI=1S/C19H28N2O/c1-5-21(15(14-20)11-12-22-6-2)18-13-19(3,4)17-10-8-7-9-16(17)18/h5,7-10,14,18H,1,6,11-13,20H2,2-4H3/b15-14-. The first-order valence-corrected chi connectivity index (χ1v) is 8.04. The van der Waals surface area contributed by atoms with Crippen LogP contribution in [0.4, 0.5) is 0 Å². The van der Waals surface area contributed by atoms with Crippen LogP contribution < -0.4 is 5.73 Å². The third-order valence-electron chi connectivity index (χ3n) is 4.52. The summed E-state index contributed by atoms with van der Waals surface area (Å²) in [5, 5.41) is 0. The summed E-state index contributed by atoms with van der Waals surface area (Å²) in [6, 6.07) is 8.99. The molecule has 0 bridgehead atoms. The smallest absolute Gasteiger partial charge is 0.0594 e. The molecule has 1 aromatic carbocycles. The van der Waals surface area contributed by atoms with E-state index in [4.69, 9.17) is 10.5 Å². The minimum Gasteiger partial charge on any atom is -0.403 e. The second-order valence-electron chi connectivity index (χ2n) is 6.39. The summed E-state index contributed by atoms with van der Waals surface area (Å²) in [6.07, 6.45) is 5.45. The lowest BCUT2D eigenvalue weighted by Crippen LogP contribution is -2.24. The van der Waals surface area contributed by atoms with Crippen LogP contribution in [0.5, 0.6) is 0 Å². The fraction of sp³-hybridized carbons (Fsp3) is 0.474. The highest BCUT2D eigenvalue weighted by Crippen LogP contribution is 2.48. The molecule has 0 amide bonds. The van der Waals surface area contributed by atoms with Gasteiger partial charge in [0.15, 0.2) is 0 Å². The van der Waals surface area contributed by atoms with Gasteiger partial charge in [-0.05, 0) is 36.1 Å². The predicted octanol–water partition coefficient (Wildman–Crippen LogP) is 4.08. The molecule has 0 heterocycles. The maximum atomic E-state index is 5.88. The molecule has 0 spiro atoms. The molecular formula is C19H28N2O. The zero-order valence-corrected chi connectivity index (χ0v) is 14.0. The van der Waals surface area contributed by atoms with E-state index in [-0.39, 0.29) is 5.41 Å². The first kappa shape index (κ1) is 16.6. The largest absolute Gasteiger partial charge is 0.403 e. The van der Waals surface area contributed by atoms with Crippen LogP contribution in [0.15, 0.2) is 48.9 Å². The molecular weight excluding hydrogens is 272 g/mol. The Kier molecular flexibility index (Phi) is 5.30. The van der Waals surface area contributed by atoms with E-state index in [0.717, 1.165) is 25.1 Å². The van der Waals surface area contributed by atoms with Crippen molar-refractivity contribution in [3.8, 4) is 0 Å². The average Bonchev–Trinajstić information content (AvgIpc) is 2.79. The van der Waals surface area contributed by atoms with Crippen molar-refractivity contribution in [3.05, 3.63) is 60.1 Å². The Balaban J connectivity index is 2.27. The lowest BCUT2D eigenvalue weighted by atomic mass is 9.86. The van der Waals surface area contributed by atoms with Crippen molar-refractivity contribution in [1.29, 1.82) is 0 Å². The first-order valence-electron chi connectivity index (χ1n) is 8.04. The molecule has 1 aliphatic rings. The summed E-state index contributed by atoms with van der Waals surface area (Å²) in [5.41, 5.74) is 9.92. The van der Waals surface area contributed by atoms with Gasteiger partial charge in [0.1, 0.15) is 0 Å². The predicted molar refractivity (Wildman–Crippen MR) is 92.2 cm³/mol. The summed E-state index contributed by atoms with van der Waals surface area (Å²) in [7, 11) is 0. The van der Waals surface area contributed by atoms with Crippen LogP contribution in [0, 0.1) is 0 Å². The Bertz CT molecular complexity index is 548. The van der Waals surface area contributed by atoms with E-state index in [1.807, 2.05) is 13.1 Å². The minimum absolute atomic E-state index is 0.169. The van der Waals surface area contributed by atoms with Crippen LogP contribution >= 0.6 is 0 Å². The lowest BCUT2D eigenvalue weighted by molar-refractivity contribution is 0.143. The highest BCUT2D eigenvalue weighted by Gasteiger charge is 2.39. The van der Waals surface area contributed by atoms with Crippen LogP contribution in [0.2, 0.25) is 0 Å². The summed E-state index contributed by atoms with van der Waals surface area (Å²) in [4.78, 5) is 2.21. The van der Waals surface area contributed by atoms with Gasteiger partial charge in [-0.1, -0.05) is 44.7 Å². The van der Waals surface area contributed by atoms with Crippen molar-refractivity contribution in [2.75, 3.05) is 13.2 Å². The highest BCUT2D eigenvalue weighted by molar-refractivity contribution is 5.42. The number of fused-ring (bicyclic) bond motifs is 1. The number of nitrogens with two attached hydrogens (primary N) is 1. The molecule has 22 heavy (non-hydrogen) atoms. The summed E-state index contributed by atoms with van der Waals surface area (Å²) in [5.74, 6) is 0. The molecule has 2 N–H and O–H groups in total. The maximum Gasteiger partial charge on any atom is 0.0594 e. The van der Waals surface area contributed by atoms with Gasteiger partial charge in [-0.2, -0.15) is 0 Å². The Morgan fingerprint density at radius 2 is 2.18 bits per heavy atom. The van der Waals surface area contributed by atoms with Gasteiger partial charge in [-0.3, -0.25) is 0 Å². The van der Waals surface area contributed by atoms with Crippen LogP contribution in [0.1, 0.15) is 50.8 Å². The van der Waals surface area contributed by atoms with E-state index < -0.39 is 0 Å². The van der Waals surface area contributed by atoms with Gasteiger partial charge in [0.25, 0.3) is 0 Å². The topological polar surface area (TPSA) is 38.5 Å². The van der Waals surface area contributed by atoms with Gasteiger partial charge >= 0.3 is 0 Å². The van der Waals surface area contributed by atoms with E-state index >= 15 is 0 Å². The average molecular weight is 300 g/mol. The number of ether oxygens (including phenoxy) is 1. The van der Waals surface area contributed by atoms with Crippen molar-refractivity contribution in [3.63, 3.8) is 0 Å². The number of benzene rings is 1. The molecule has 2 rings (SSSR count). The van der Waals surface area contributed by atoms with E-state index in [0.29, 0.717) is 12.6 Å². The van der Waals surface area contributed by atoms with Crippen LogP contribution in [0.25, 0.3) is 0 Å². The fourth-order valence-electron chi connectivity index (χ4n) is 3.42. The summed E-state index contributed by atoms with van der Waals surface area (Å²) < 4.78 is 5.48. The van der Waals surface area contributed by atoms with Crippen LogP contribution in [0.3, 0.4) is 0 Å². The highest BCUT2D eigenvalue weighted by atomic mass is 16.5.